The van der Waals surface area contributed by atoms with Crippen LogP contribution in [0.1, 0.15) is 31.2 Å². The predicted octanol–water partition coefficient (Wildman–Crippen LogP) is 1.56. The van der Waals surface area contributed by atoms with E-state index in [1.165, 1.54) is 18.2 Å². The van der Waals surface area contributed by atoms with Crippen molar-refractivity contribution in [3.63, 3.8) is 0 Å². The van der Waals surface area contributed by atoms with E-state index >= 15 is 0 Å². The highest BCUT2D eigenvalue weighted by atomic mass is 16.6. The molecule has 1 aliphatic carbocycles. The molecule has 3 rings (SSSR count). The number of esters is 1. The van der Waals surface area contributed by atoms with Crippen molar-refractivity contribution < 1.29 is 28.8 Å². The van der Waals surface area contributed by atoms with Crippen molar-refractivity contribution in [2.75, 3.05) is 18.5 Å². The Morgan fingerprint density at radius 2 is 1.83 bits per heavy atom. The van der Waals surface area contributed by atoms with Crippen LogP contribution >= 0.6 is 0 Å². The molecule has 10 nitrogen and oxygen atoms in total. The maximum absolute atomic E-state index is 12.3. The highest BCUT2D eigenvalue weighted by Gasteiger charge is 2.48. The first-order chi connectivity index (χ1) is 13.8. The summed E-state index contributed by atoms with van der Waals surface area (Å²) in [6.45, 7) is 0.417. The number of anilines is 1. The second-order valence-corrected chi connectivity index (χ2v) is 7.23. The maximum atomic E-state index is 12.3. The molecule has 2 atom stereocenters. The summed E-state index contributed by atoms with van der Waals surface area (Å²) < 4.78 is 4.86. The van der Waals surface area contributed by atoms with Gasteiger partial charge in [0.15, 0.2) is 6.61 Å². The van der Waals surface area contributed by atoms with Gasteiger partial charge in [-0.25, -0.2) is 0 Å². The fourth-order valence-corrected chi connectivity index (χ4v) is 3.79. The van der Waals surface area contributed by atoms with E-state index < -0.39 is 30.0 Å². The van der Waals surface area contributed by atoms with Gasteiger partial charge in [-0.2, -0.15) is 0 Å². The predicted molar refractivity (Wildman–Crippen MR) is 99.6 cm³/mol. The number of imide groups is 1. The van der Waals surface area contributed by atoms with Crippen molar-refractivity contribution in [3.8, 4) is 0 Å². The van der Waals surface area contributed by atoms with Crippen molar-refractivity contribution in [3.05, 3.63) is 33.9 Å². The molecule has 1 aromatic carbocycles. The number of nitro benzene ring substituents is 1. The monoisotopic (exact) mass is 403 g/mol. The van der Waals surface area contributed by atoms with Crippen LogP contribution in [0.25, 0.3) is 0 Å². The third-order valence-electron chi connectivity index (χ3n) is 5.27. The van der Waals surface area contributed by atoms with Gasteiger partial charge in [0.05, 0.1) is 16.8 Å². The number of hydrogen-bond donors (Lipinski definition) is 1. The summed E-state index contributed by atoms with van der Waals surface area (Å²) in [5.41, 5.74) is 0.490. The number of nitrogens with one attached hydrogen (secondary N) is 1. The zero-order chi connectivity index (χ0) is 21.1. The molecule has 0 bridgehead atoms. The molecule has 1 heterocycles. The fourth-order valence-electron chi connectivity index (χ4n) is 3.79. The Bertz CT molecular complexity index is 859. The molecular weight excluding hydrogens is 382 g/mol. The number of likely N-dealkylation sites (tertiary alicyclic amines) is 1. The molecule has 1 aliphatic heterocycles. The Morgan fingerprint density at radius 1 is 1.21 bits per heavy atom. The summed E-state index contributed by atoms with van der Waals surface area (Å²) in [7, 11) is 0. The van der Waals surface area contributed by atoms with Gasteiger partial charge >= 0.3 is 5.97 Å². The number of amides is 3. The van der Waals surface area contributed by atoms with E-state index in [1.54, 1.807) is 6.92 Å². The first-order valence-electron chi connectivity index (χ1n) is 9.33. The standard InChI is InChI=1S/C19H21N3O7/c1-11-6-7-12(8-15(11)22(27)28)20-16(23)10-29-17(24)9-21-18(25)13-4-2-3-5-14(13)19(21)26/h6-8,13-14H,2-5,9-10H2,1H3,(H,20,23). The van der Waals surface area contributed by atoms with Crippen LogP contribution in [0.2, 0.25) is 0 Å². The van der Waals surface area contributed by atoms with Gasteiger partial charge in [0, 0.05) is 17.3 Å². The SMILES string of the molecule is Cc1ccc(NC(=O)COC(=O)CN2C(=O)C3CCCCC3C2=O)cc1[N+](=O)[O-]. The number of fused-ring (bicyclic) bond motifs is 1. The number of nitrogens with zero attached hydrogens (tertiary/aromatic N) is 2. The van der Waals surface area contributed by atoms with Crippen molar-refractivity contribution in [2.24, 2.45) is 11.8 Å². The van der Waals surface area contributed by atoms with Crippen LogP contribution in [-0.2, 0) is 23.9 Å². The third kappa shape index (κ3) is 4.41. The minimum Gasteiger partial charge on any atom is -0.454 e. The van der Waals surface area contributed by atoms with Crippen LogP contribution in [0.5, 0.6) is 0 Å². The van der Waals surface area contributed by atoms with Crippen LogP contribution in [0.3, 0.4) is 0 Å². The highest BCUT2D eigenvalue weighted by Crippen LogP contribution is 2.37. The van der Waals surface area contributed by atoms with Crippen molar-refractivity contribution in [2.45, 2.75) is 32.6 Å². The van der Waals surface area contributed by atoms with Crippen molar-refractivity contribution in [1.29, 1.82) is 0 Å². The number of nitro groups is 1. The lowest BCUT2D eigenvalue weighted by Crippen LogP contribution is -2.37. The van der Waals surface area contributed by atoms with Gasteiger partial charge in [-0.3, -0.25) is 34.2 Å². The van der Waals surface area contributed by atoms with Gasteiger partial charge in [-0.15, -0.1) is 0 Å². The minimum absolute atomic E-state index is 0.146. The summed E-state index contributed by atoms with van der Waals surface area (Å²) in [6.07, 6.45) is 3.06. The fraction of sp³-hybridized carbons (Fsp3) is 0.474. The third-order valence-corrected chi connectivity index (χ3v) is 5.27. The van der Waals surface area contributed by atoms with Crippen molar-refractivity contribution >= 4 is 35.1 Å². The molecule has 2 aliphatic rings. The lowest BCUT2D eigenvalue weighted by Gasteiger charge is -2.19. The topological polar surface area (TPSA) is 136 Å². The summed E-state index contributed by atoms with van der Waals surface area (Å²) in [5, 5.41) is 13.4. The van der Waals surface area contributed by atoms with Gasteiger partial charge < -0.3 is 10.1 Å². The molecule has 1 saturated heterocycles. The molecule has 0 aromatic heterocycles. The number of aryl methyl sites for hydroxylation is 1. The normalized spacial score (nSPS) is 20.9. The summed E-state index contributed by atoms with van der Waals surface area (Å²) in [4.78, 5) is 59.9. The van der Waals surface area contributed by atoms with Crippen LogP contribution < -0.4 is 5.32 Å². The second-order valence-electron chi connectivity index (χ2n) is 7.23. The van der Waals surface area contributed by atoms with Gasteiger partial charge in [0.1, 0.15) is 6.54 Å². The van der Waals surface area contributed by atoms with E-state index in [9.17, 15) is 29.3 Å². The Labute approximate surface area is 166 Å². The molecule has 10 heteroatoms. The number of rotatable bonds is 6. The first-order valence-corrected chi connectivity index (χ1v) is 9.33. The minimum atomic E-state index is -0.865. The average molecular weight is 403 g/mol. The average Bonchev–Trinajstić information content (AvgIpc) is 2.93. The molecule has 1 aromatic rings. The number of carbonyl (C=O) groups excluding carboxylic acids is 4. The smallest absolute Gasteiger partial charge is 0.326 e. The Morgan fingerprint density at radius 3 is 2.41 bits per heavy atom. The van der Waals surface area contributed by atoms with Crippen LogP contribution in [0.15, 0.2) is 18.2 Å². The molecule has 2 fully saturated rings. The number of ether oxygens (including phenoxy) is 1. The van der Waals surface area contributed by atoms with Gasteiger partial charge in [-0.1, -0.05) is 18.9 Å². The van der Waals surface area contributed by atoms with Crippen molar-refractivity contribution in [1.82, 2.24) is 4.90 Å². The Kier molecular flexibility index (Phi) is 5.90. The maximum Gasteiger partial charge on any atom is 0.326 e. The lowest BCUT2D eigenvalue weighted by molar-refractivity contribution is -0.385. The summed E-state index contributed by atoms with van der Waals surface area (Å²) in [6, 6.07) is 4.19. The molecule has 1 saturated carbocycles. The van der Waals surface area contributed by atoms with E-state index in [0.29, 0.717) is 18.4 Å². The molecule has 154 valence electrons. The molecule has 3 amide bonds. The summed E-state index contributed by atoms with van der Waals surface area (Å²) in [5.74, 6) is -2.98. The lowest BCUT2D eigenvalue weighted by atomic mass is 9.81. The zero-order valence-electron chi connectivity index (χ0n) is 15.9. The van der Waals surface area contributed by atoms with Crippen LogP contribution in [0, 0.1) is 28.9 Å². The number of hydrogen-bond acceptors (Lipinski definition) is 7. The number of benzene rings is 1. The van der Waals surface area contributed by atoms with E-state index in [1.807, 2.05) is 0 Å². The van der Waals surface area contributed by atoms with E-state index in [2.05, 4.69) is 5.32 Å². The van der Waals surface area contributed by atoms with Gasteiger partial charge in [0.2, 0.25) is 11.8 Å². The van der Waals surface area contributed by atoms with E-state index in [-0.39, 0.29) is 35.0 Å². The Hall–Kier alpha value is -3.30. The highest BCUT2D eigenvalue weighted by molar-refractivity contribution is 6.07. The van der Waals surface area contributed by atoms with E-state index in [0.717, 1.165) is 17.7 Å². The second kappa shape index (κ2) is 8.38. The van der Waals surface area contributed by atoms with Crippen LogP contribution in [-0.4, -0.2) is 46.7 Å². The zero-order valence-corrected chi connectivity index (χ0v) is 15.9. The number of carbonyl (C=O) groups is 4. The molecule has 29 heavy (non-hydrogen) atoms. The molecule has 1 N–H and O–H groups in total. The molecule has 0 spiro atoms. The molecule has 2 unspecified atom stereocenters. The largest absolute Gasteiger partial charge is 0.454 e. The molecular formula is C19H21N3O7. The van der Waals surface area contributed by atoms with Gasteiger partial charge in [0.25, 0.3) is 11.6 Å². The summed E-state index contributed by atoms with van der Waals surface area (Å²) >= 11 is 0. The quantitative estimate of drug-likeness (QED) is 0.329. The van der Waals surface area contributed by atoms with Gasteiger partial charge in [-0.05, 0) is 25.8 Å². The molecule has 0 radical (unpaired) electrons. The van der Waals surface area contributed by atoms with Crippen LogP contribution in [0.4, 0.5) is 11.4 Å². The first kappa shape index (κ1) is 20.4. The Balaban J connectivity index is 1.51. The van der Waals surface area contributed by atoms with E-state index in [4.69, 9.17) is 4.74 Å².